The molecule has 6 heteroatoms. The maximum atomic E-state index is 12.9. The fourth-order valence-electron chi connectivity index (χ4n) is 9.57. The van der Waals surface area contributed by atoms with Crippen LogP contribution in [0.1, 0.15) is 323 Å². The van der Waals surface area contributed by atoms with Crippen LogP contribution in [0.25, 0.3) is 0 Å². The Kier molecular flexibility index (Phi) is 65.8. The fourth-order valence-corrected chi connectivity index (χ4v) is 9.57. The Labute approximate surface area is 507 Å². The number of ether oxygens (including phenoxy) is 3. The molecule has 0 saturated carbocycles. The van der Waals surface area contributed by atoms with Gasteiger partial charge in [-0.25, -0.2) is 0 Å². The van der Waals surface area contributed by atoms with Gasteiger partial charge in [-0.3, -0.25) is 14.4 Å². The van der Waals surface area contributed by atoms with Crippen molar-refractivity contribution in [1.82, 2.24) is 0 Å². The maximum absolute atomic E-state index is 12.9. The molecule has 0 aromatic carbocycles. The fraction of sp³-hybridized carbons (Fsp3) is 0.697. The molecule has 0 fully saturated rings. The minimum absolute atomic E-state index is 0.0919. The molecule has 0 amide bonds. The third kappa shape index (κ3) is 66.6. The van der Waals surface area contributed by atoms with E-state index in [1.807, 2.05) is 0 Å². The Morgan fingerprint density at radius 2 is 0.476 bits per heavy atom. The summed E-state index contributed by atoms with van der Waals surface area (Å²) in [5.41, 5.74) is 0. The topological polar surface area (TPSA) is 78.9 Å². The number of allylic oxidation sites excluding steroid dienone is 20. The van der Waals surface area contributed by atoms with Gasteiger partial charge in [0.15, 0.2) is 6.10 Å². The van der Waals surface area contributed by atoms with Crippen LogP contribution in [0.2, 0.25) is 0 Å². The van der Waals surface area contributed by atoms with Crippen molar-refractivity contribution in [2.45, 2.75) is 329 Å². The molecule has 0 N–H and O–H groups in total. The first-order chi connectivity index (χ1) is 40.5. The maximum Gasteiger partial charge on any atom is 0.306 e. The number of hydrogen-bond donors (Lipinski definition) is 0. The van der Waals surface area contributed by atoms with E-state index < -0.39 is 6.10 Å². The number of rotatable bonds is 62. The zero-order valence-electron chi connectivity index (χ0n) is 53.7. The van der Waals surface area contributed by atoms with E-state index >= 15 is 0 Å². The second kappa shape index (κ2) is 69.3. The molecule has 1 unspecified atom stereocenters. The van der Waals surface area contributed by atoms with Crippen LogP contribution < -0.4 is 0 Å². The van der Waals surface area contributed by atoms with Gasteiger partial charge in [0, 0.05) is 19.3 Å². The highest BCUT2D eigenvalue weighted by Gasteiger charge is 2.19. The molecule has 0 aromatic rings. The lowest BCUT2D eigenvalue weighted by atomic mass is 10.0. The molecule has 0 aromatic heterocycles. The van der Waals surface area contributed by atoms with E-state index in [1.165, 1.54) is 141 Å². The molecule has 0 bridgehead atoms. The first-order valence-corrected chi connectivity index (χ1v) is 34.5. The molecule has 468 valence electrons. The van der Waals surface area contributed by atoms with Gasteiger partial charge in [0.05, 0.1) is 0 Å². The van der Waals surface area contributed by atoms with Crippen LogP contribution in [0.4, 0.5) is 0 Å². The smallest absolute Gasteiger partial charge is 0.306 e. The zero-order chi connectivity index (χ0) is 59.2. The van der Waals surface area contributed by atoms with E-state index in [-0.39, 0.29) is 31.1 Å². The first-order valence-electron chi connectivity index (χ1n) is 34.5. The second-order valence-electron chi connectivity index (χ2n) is 22.7. The highest BCUT2D eigenvalue weighted by atomic mass is 16.6. The third-order valence-electron chi connectivity index (χ3n) is 14.7. The summed E-state index contributed by atoms with van der Waals surface area (Å²) in [5, 5.41) is 0. The van der Waals surface area contributed by atoms with E-state index in [0.29, 0.717) is 19.3 Å². The monoisotopic (exact) mass is 1140 g/mol. The second-order valence-corrected chi connectivity index (χ2v) is 22.7. The van der Waals surface area contributed by atoms with Gasteiger partial charge in [0.1, 0.15) is 13.2 Å². The number of carbonyl (C=O) groups excluding carboxylic acids is 3. The van der Waals surface area contributed by atoms with Gasteiger partial charge in [-0.15, -0.1) is 0 Å². The van der Waals surface area contributed by atoms with Gasteiger partial charge in [0.2, 0.25) is 0 Å². The number of carbonyl (C=O) groups is 3. The number of esters is 3. The van der Waals surface area contributed by atoms with Gasteiger partial charge >= 0.3 is 17.9 Å². The highest BCUT2D eigenvalue weighted by Crippen LogP contribution is 2.17. The molecule has 0 aliphatic heterocycles. The Hall–Kier alpha value is -4.19. The molecule has 1 atom stereocenters. The summed E-state index contributed by atoms with van der Waals surface area (Å²) in [7, 11) is 0. The average molecular weight is 1140 g/mol. The molecule has 82 heavy (non-hydrogen) atoms. The standard InChI is InChI=1S/C76H128O6/c1-4-7-10-13-16-19-22-25-27-29-30-31-32-33-34-35-36-37-38-39-40-41-42-43-44-45-46-47-49-51-54-57-60-63-66-69-75(78)81-72-73(71-80-74(77)68-65-62-59-56-53-50-24-21-18-15-12-9-6-3)82-76(79)70-67-64-61-58-55-52-48-28-26-23-20-17-14-11-8-5-2/h7,9-10,12,16,18-21,23,25,27-28,30-31,33-34,48,50,53,73H,4-6,8,11,13-15,17,22,24,26,29,32,35-47,49,51-52,54-72H2,1-3H3/b10-7-,12-9-,19-16-,21-18-,23-20-,27-25-,31-30-,34-33-,48-28-,53-50-. The van der Waals surface area contributed by atoms with Crippen molar-refractivity contribution >= 4 is 17.9 Å². The van der Waals surface area contributed by atoms with Crippen molar-refractivity contribution in [1.29, 1.82) is 0 Å². The molecule has 0 aliphatic carbocycles. The molecule has 0 radical (unpaired) electrons. The summed E-state index contributed by atoms with van der Waals surface area (Å²) < 4.78 is 16.9. The average Bonchev–Trinajstić information content (AvgIpc) is 3.47. The minimum Gasteiger partial charge on any atom is -0.462 e. The molecular formula is C76H128O6. The van der Waals surface area contributed by atoms with Crippen LogP contribution in [0.15, 0.2) is 122 Å². The summed E-state index contributed by atoms with van der Waals surface area (Å²) in [5.74, 6) is -0.927. The van der Waals surface area contributed by atoms with E-state index in [2.05, 4.69) is 142 Å². The van der Waals surface area contributed by atoms with E-state index in [9.17, 15) is 14.4 Å². The predicted octanol–water partition coefficient (Wildman–Crippen LogP) is 23.9. The van der Waals surface area contributed by atoms with E-state index in [4.69, 9.17) is 14.2 Å². The summed E-state index contributed by atoms with van der Waals surface area (Å²) in [6.07, 6.45) is 96.7. The highest BCUT2D eigenvalue weighted by molar-refractivity contribution is 5.71. The van der Waals surface area contributed by atoms with Crippen molar-refractivity contribution in [2.24, 2.45) is 0 Å². The Bertz CT molecular complexity index is 1690. The Morgan fingerprint density at radius 3 is 0.756 bits per heavy atom. The van der Waals surface area contributed by atoms with Crippen molar-refractivity contribution < 1.29 is 28.6 Å². The molecule has 0 aliphatic rings. The summed E-state index contributed by atoms with van der Waals surface area (Å²) in [6, 6.07) is 0. The molecule has 0 rings (SSSR count). The lowest BCUT2D eigenvalue weighted by molar-refractivity contribution is -0.167. The Balaban J connectivity index is 4.16. The molecule has 0 spiro atoms. The minimum atomic E-state index is -0.799. The van der Waals surface area contributed by atoms with Crippen LogP contribution in [-0.4, -0.2) is 37.2 Å². The summed E-state index contributed by atoms with van der Waals surface area (Å²) >= 11 is 0. The van der Waals surface area contributed by atoms with E-state index in [1.54, 1.807) is 0 Å². The Morgan fingerprint density at radius 1 is 0.256 bits per heavy atom. The van der Waals surface area contributed by atoms with Crippen LogP contribution in [0.5, 0.6) is 0 Å². The van der Waals surface area contributed by atoms with Crippen molar-refractivity contribution in [3.63, 3.8) is 0 Å². The van der Waals surface area contributed by atoms with Crippen LogP contribution in [0.3, 0.4) is 0 Å². The number of hydrogen-bond acceptors (Lipinski definition) is 6. The van der Waals surface area contributed by atoms with Gasteiger partial charge in [-0.1, -0.05) is 296 Å². The lowest BCUT2D eigenvalue weighted by Crippen LogP contribution is -2.30. The van der Waals surface area contributed by atoms with Crippen LogP contribution >= 0.6 is 0 Å². The normalized spacial score (nSPS) is 12.9. The van der Waals surface area contributed by atoms with Gasteiger partial charge in [0.25, 0.3) is 0 Å². The predicted molar refractivity (Wildman–Crippen MR) is 357 cm³/mol. The molecular weight excluding hydrogens is 1010 g/mol. The summed E-state index contributed by atoms with van der Waals surface area (Å²) in [6.45, 7) is 6.38. The first kappa shape index (κ1) is 77.8. The van der Waals surface area contributed by atoms with Gasteiger partial charge in [-0.05, 0) is 128 Å². The summed E-state index contributed by atoms with van der Waals surface area (Å²) in [4.78, 5) is 38.3. The SMILES string of the molecule is CC/C=C\C/C=C\C/C=C\C/C=C\C/C=C\CCCCCCCCCCCCCCCCCCCCCC(=O)OCC(COC(=O)CCCCC/C=C\C/C=C\C/C=C\CC)OC(=O)CCCCCCC/C=C\C/C=C\CCCCCC. The molecule has 0 saturated heterocycles. The molecule has 0 heterocycles. The van der Waals surface area contributed by atoms with Gasteiger partial charge in [-0.2, -0.15) is 0 Å². The lowest BCUT2D eigenvalue weighted by Gasteiger charge is -2.18. The van der Waals surface area contributed by atoms with Crippen molar-refractivity contribution in [3.8, 4) is 0 Å². The van der Waals surface area contributed by atoms with Crippen molar-refractivity contribution in [2.75, 3.05) is 13.2 Å². The van der Waals surface area contributed by atoms with Crippen LogP contribution in [-0.2, 0) is 28.6 Å². The van der Waals surface area contributed by atoms with Crippen LogP contribution in [0, 0.1) is 0 Å². The molecule has 6 nitrogen and oxygen atoms in total. The third-order valence-corrected chi connectivity index (χ3v) is 14.7. The zero-order valence-corrected chi connectivity index (χ0v) is 53.7. The largest absolute Gasteiger partial charge is 0.462 e. The van der Waals surface area contributed by atoms with E-state index in [0.717, 1.165) is 141 Å². The number of unbranched alkanes of at least 4 members (excludes halogenated alkanes) is 31. The van der Waals surface area contributed by atoms with Gasteiger partial charge < -0.3 is 14.2 Å². The van der Waals surface area contributed by atoms with Crippen molar-refractivity contribution in [3.05, 3.63) is 122 Å². The quantitative estimate of drug-likeness (QED) is 0.0261.